The molecule has 3 nitrogen and oxygen atoms in total. The summed E-state index contributed by atoms with van der Waals surface area (Å²) < 4.78 is 5.29. The molecule has 4 heteroatoms. The third-order valence-corrected chi connectivity index (χ3v) is 3.51. The first-order chi connectivity index (χ1) is 8.54. The number of carbonyl (C=O) groups is 1. The molecule has 2 aromatic rings. The number of anilines is 1. The minimum atomic E-state index is -0.884. The summed E-state index contributed by atoms with van der Waals surface area (Å²) in [6.45, 7) is 1.77. The Morgan fingerprint density at radius 3 is 2.61 bits per heavy atom. The predicted molar refractivity (Wildman–Crippen MR) is 71.5 cm³/mol. The summed E-state index contributed by atoms with van der Waals surface area (Å²) in [6.07, 6.45) is 1.96. The van der Waals surface area contributed by atoms with E-state index in [1.807, 2.05) is 24.3 Å². The van der Waals surface area contributed by atoms with Crippen LogP contribution in [0.5, 0.6) is 0 Å². The molecular weight excluding hydrogens is 250 g/mol. The molecule has 2 rings (SSSR count). The van der Waals surface area contributed by atoms with E-state index >= 15 is 0 Å². The molecular formula is C14H14ClNO2. The Kier molecular flexibility index (Phi) is 3.43. The van der Waals surface area contributed by atoms with Crippen molar-refractivity contribution in [2.75, 3.05) is 5.73 Å². The van der Waals surface area contributed by atoms with E-state index in [-0.39, 0.29) is 0 Å². The van der Waals surface area contributed by atoms with Crippen LogP contribution in [0.15, 0.2) is 47.1 Å². The van der Waals surface area contributed by atoms with Crippen molar-refractivity contribution >= 4 is 22.5 Å². The molecule has 0 saturated carbocycles. The number of para-hydroxylation sites is 1. The van der Waals surface area contributed by atoms with Crippen LogP contribution < -0.4 is 5.73 Å². The van der Waals surface area contributed by atoms with Gasteiger partial charge in [-0.3, -0.25) is 4.79 Å². The van der Waals surface area contributed by atoms with Crippen molar-refractivity contribution in [3.63, 3.8) is 0 Å². The third kappa shape index (κ3) is 2.27. The standard InChI is InChI=1S/C14H14ClNO2/c1-14(13(15)17,9-10-5-4-8-18-10)11-6-2-3-7-12(11)16/h2-8H,9,16H2,1H3. The first-order valence-electron chi connectivity index (χ1n) is 5.61. The highest BCUT2D eigenvalue weighted by atomic mass is 35.5. The molecule has 94 valence electrons. The molecule has 0 spiro atoms. The SMILES string of the molecule is CC(Cc1ccco1)(C(=O)Cl)c1ccccc1N. The van der Waals surface area contributed by atoms with Crippen LogP contribution in [0.4, 0.5) is 5.69 Å². The Hall–Kier alpha value is -1.74. The van der Waals surface area contributed by atoms with Gasteiger partial charge >= 0.3 is 0 Å². The summed E-state index contributed by atoms with van der Waals surface area (Å²) in [5, 5.41) is -0.447. The number of hydrogen-bond acceptors (Lipinski definition) is 3. The Morgan fingerprint density at radius 1 is 1.33 bits per heavy atom. The molecule has 1 unspecified atom stereocenters. The fourth-order valence-electron chi connectivity index (χ4n) is 2.03. The van der Waals surface area contributed by atoms with Crippen LogP contribution in [0.25, 0.3) is 0 Å². The first-order valence-corrected chi connectivity index (χ1v) is 5.99. The van der Waals surface area contributed by atoms with Crippen molar-refractivity contribution in [2.24, 2.45) is 0 Å². The highest BCUT2D eigenvalue weighted by molar-refractivity contribution is 6.65. The van der Waals surface area contributed by atoms with Crippen LogP contribution in [-0.4, -0.2) is 5.24 Å². The number of rotatable bonds is 4. The number of carbonyl (C=O) groups excluding carboxylic acids is 1. The summed E-state index contributed by atoms with van der Waals surface area (Å²) >= 11 is 5.77. The van der Waals surface area contributed by atoms with Crippen LogP contribution in [0, 0.1) is 0 Å². The molecule has 0 bridgehead atoms. The molecule has 1 atom stereocenters. The molecule has 0 aliphatic rings. The summed E-state index contributed by atoms with van der Waals surface area (Å²) in [5.41, 5.74) is 6.33. The molecule has 1 aromatic carbocycles. The van der Waals surface area contributed by atoms with E-state index in [0.29, 0.717) is 17.9 Å². The molecule has 0 radical (unpaired) electrons. The Balaban J connectivity index is 2.45. The monoisotopic (exact) mass is 263 g/mol. The lowest BCUT2D eigenvalue weighted by molar-refractivity contribution is -0.116. The lowest BCUT2D eigenvalue weighted by Gasteiger charge is -2.26. The number of halogens is 1. The highest BCUT2D eigenvalue weighted by Gasteiger charge is 2.36. The van der Waals surface area contributed by atoms with Gasteiger partial charge in [0.1, 0.15) is 5.76 Å². The number of nitrogens with two attached hydrogens (primary N) is 1. The first kappa shape index (κ1) is 12.7. The van der Waals surface area contributed by atoms with Gasteiger partial charge in [-0.1, -0.05) is 18.2 Å². The van der Waals surface area contributed by atoms with Gasteiger partial charge < -0.3 is 10.2 Å². The van der Waals surface area contributed by atoms with E-state index in [9.17, 15) is 4.79 Å². The van der Waals surface area contributed by atoms with Crippen molar-refractivity contribution in [1.82, 2.24) is 0 Å². The van der Waals surface area contributed by atoms with Crippen LogP contribution in [-0.2, 0) is 16.6 Å². The van der Waals surface area contributed by atoms with Crippen LogP contribution in [0.3, 0.4) is 0 Å². The maximum absolute atomic E-state index is 11.8. The van der Waals surface area contributed by atoms with Crippen molar-refractivity contribution in [3.05, 3.63) is 54.0 Å². The number of nitrogen functional groups attached to an aromatic ring is 1. The van der Waals surface area contributed by atoms with Crippen LogP contribution in [0.2, 0.25) is 0 Å². The smallest absolute Gasteiger partial charge is 0.232 e. The zero-order valence-corrected chi connectivity index (χ0v) is 10.8. The number of hydrogen-bond donors (Lipinski definition) is 1. The van der Waals surface area contributed by atoms with Gasteiger partial charge in [-0.15, -0.1) is 0 Å². The molecule has 0 saturated heterocycles. The van der Waals surface area contributed by atoms with Gasteiger partial charge in [-0.05, 0) is 42.3 Å². The lowest BCUT2D eigenvalue weighted by Crippen LogP contribution is -2.32. The fourth-order valence-corrected chi connectivity index (χ4v) is 2.20. The molecule has 2 N–H and O–H groups in total. The van der Waals surface area contributed by atoms with Gasteiger partial charge in [0.05, 0.1) is 11.7 Å². The van der Waals surface area contributed by atoms with E-state index in [0.717, 1.165) is 5.56 Å². The maximum Gasteiger partial charge on any atom is 0.232 e. The Morgan fingerprint density at radius 2 is 2.06 bits per heavy atom. The van der Waals surface area contributed by atoms with Crippen molar-refractivity contribution in [1.29, 1.82) is 0 Å². The van der Waals surface area contributed by atoms with Gasteiger partial charge in [-0.25, -0.2) is 0 Å². The lowest BCUT2D eigenvalue weighted by atomic mass is 9.79. The van der Waals surface area contributed by atoms with Crippen LogP contribution >= 0.6 is 11.6 Å². The molecule has 1 heterocycles. The largest absolute Gasteiger partial charge is 0.469 e. The topological polar surface area (TPSA) is 56.2 Å². The second kappa shape index (κ2) is 4.86. The Bertz CT molecular complexity index is 551. The molecule has 0 aliphatic carbocycles. The molecule has 18 heavy (non-hydrogen) atoms. The van der Waals surface area contributed by atoms with Gasteiger partial charge in [0.25, 0.3) is 0 Å². The summed E-state index contributed by atoms with van der Waals surface area (Å²) in [4.78, 5) is 11.8. The molecule has 0 aliphatic heterocycles. The van der Waals surface area contributed by atoms with Gasteiger partial charge in [0.2, 0.25) is 5.24 Å². The predicted octanol–water partition coefficient (Wildman–Crippen LogP) is 3.13. The quantitative estimate of drug-likeness (QED) is 0.681. The normalized spacial score (nSPS) is 14.1. The zero-order chi connectivity index (χ0) is 13.2. The number of benzene rings is 1. The van der Waals surface area contributed by atoms with E-state index < -0.39 is 10.7 Å². The molecule has 0 fully saturated rings. The van der Waals surface area contributed by atoms with E-state index in [2.05, 4.69) is 0 Å². The van der Waals surface area contributed by atoms with Gasteiger partial charge in [0, 0.05) is 12.1 Å². The third-order valence-electron chi connectivity index (χ3n) is 3.10. The maximum atomic E-state index is 11.8. The fraction of sp³-hybridized carbons (Fsp3) is 0.214. The second-order valence-corrected chi connectivity index (χ2v) is 4.79. The summed E-state index contributed by atoms with van der Waals surface area (Å²) in [5.74, 6) is 0.703. The highest BCUT2D eigenvalue weighted by Crippen LogP contribution is 2.34. The van der Waals surface area contributed by atoms with Gasteiger partial charge in [0.15, 0.2) is 0 Å². The van der Waals surface area contributed by atoms with Gasteiger partial charge in [-0.2, -0.15) is 0 Å². The minimum Gasteiger partial charge on any atom is -0.469 e. The Labute approximate surface area is 111 Å². The number of furan rings is 1. The minimum absolute atomic E-state index is 0.385. The zero-order valence-electron chi connectivity index (χ0n) is 10.0. The average Bonchev–Trinajstić information content (AvgIpc) is 2.81. The van der Waals surface area contributed by atoms with E-state index in [4.69, 9.17) is 21.8 Å². The average molecular weight is 264 g/mol. The van der Waals surface area contributed by atoms with Crippen LogP contribution in [0.1, 0.15) is 18.2 Å². The second-order valence-electron chi connectivity index (χ2n) is 4.45. The van der Waals surface area contributed by atoms with Crippen molar-refractivity contribution in [3.8, 4) is 0 Å². The molecule has 0 amide bonds. The van der Waals surface area contributed by atoms with Crippen molar-refractivity contribution < 1.29 is 9.21 Å². The van der Waals surface area contributed by atoms with E-state index in [1.165, 1.54) is 0 Å². The van der Waals surface area contributed by atoms with E-state index in [1.54, 1.807) is 25.3 Å². The summed E-state index contributed by atoms with van der Waals surface area (Å²) in [7, 11) is 0. The van der Waals surface area contributed by atoms with Crippen molar-refractivity contribution in [2.45, 2.75) is 18.8 Å². The summed E-state index contributed by atoms with van der Waals surface area (Å²) in [6, 6.07) is 10.8. The molecule has 1 aromatic heterocycles.